The van der Waals surface area contributed by atoms with Gasteiger partial charge in [-0.25, -0.2) is 4.98 Å². The van der Waals surface area contributed by atoms with Gasteiger partial charge in [0.2, 0.25) is 5.91 Å². The van der Waals surface area contributed by atoms with Gasteiger partial charge in [0.05, 0.1) is 27.2 Å². The molecule has 0 saturated carbocycles. The Labute approximate surface area is 192 Å². The molecule has 0 unspecified atom stereocenters. The molecule has 0 aliphatic carbocycles. The summed E-state index contributed by atoms with van der Waals surface area (Å²) in [5.74, 6) is 0.107. The van der Waals surface area contributed by atoms with Crippen LogP contribution in [0.25, 0.3) is 21.6 Å². The van der Waals surface area contributed by atoms with Gasteiger partial charge in [-0.15, -0.1) is 11.3 Å². The van der Waals surface area contributed by atoms with Crippen molar-refractivity contribution in [2.75, 3.05) is 19.6 Å². The predicted molar refractivity (Wildman–Crippen MR) is 128 cm³/mol. The molecule has 0 bridgehead atoms. The maximum atomic E-state index is 13.6. The molecule has 1 saturated heterocycles. The second kappa shape index (κ2) is 9.81. The summed E-state index contributed by atoms with van der Waals surface area (Å²) in [6.07, 6.45) is 4.69. The Morgan fingerprint density at radius 3 is 2.72 bits per heavy atom. The van der Waals surface area contributed by atoms with Crippen LogP contribution in [0.4, 0.5) is 0 Å². The van der Waals surface area contributed by atoms with E-state index in [4.69, 9.17) is 4.98 Å². The van der Waals surface area contributed by atoms with E-state index in [0.29, 0.717) is 31.5 Å². The van der Waals surface area contributed by atoms with E-state index in [1.54, 1.807) is 16.0 Å². The minimum atomic E-state index is -0.0139. The first-order valence-electron chi connectivity index (χ1n) is 11.4. The van der Waals surface area contributed by atoms with Crippen molar-refractivity contribution in [1.29, 1.82) is 0 Å². The van der Waals surface area contributed by atoms with Crippen molar-refractivity contribution in [3.63, 3.8) is 0 Å². The number of pyridine rings is 1. The molecule has 3 aromatic rings. The van der Waals surface area contributed by atoms with Gasteiger partial charge in [-0.3, -0.25) is 14.3 Å². The van der Waals surface area contributed by atoms with E-state index in [2.05, 4.69) is 17.3 Å². The highest BCUT2D eigenvalue weighted by Crippen LogP contribution is 2.30. The minimum Gasteiger partial charge on any atom is -0.356 e. The number of piperidine rings is 1. The number of hydrogen-bond acceptors (Lipinski definition) is 5. The van der Waals surface area contributed by atoms with Gasteiger partial charge < -0.3 is 10.2 Å². The predicted octanol–water partition coefficient (Wildman–Crippen LogP) is 4.16. The highest BCUT2D eigenvalue weighted by molar-refractivity contribution is 7.13. The van der Waals surface area contributed by atoms with Crippen LogP contribution in [0.15, 0.2) is 23.6 Å². The number of aryl methyl sites for hydroxylation is 2. The zero-order chi connectivity index (χ0) is 22.7. The second-order valence-corrected chi connectivity index (χ2v) is 9.45. The van der Waals surface area contributed by atoms with Crippen LogP contribution >= 0.6 is 11.3 Å². The highest BCUT2D eigenvalue weighted by atomic mass is 32.1. The maximum absolute atomic E-state index is 13.6. The summed E-state index contributed by atoms with van der Waals surface area (Å²) >= 11 is 1.60. The topological polar surface area (TPSA) is 80.1 Å². The summed E-state index contributed by atoms with van der Waals surface area (Å²) in [6, 6.07) is 5.90. The molecule has 2 amide bonds. The van der Waals surface area contributed by atoms with E-state index in [-0.39, 0.29) is 17.7 Å². The fourth-order valence-electron chi connectivity index (χ4n) is 4.41. The van der Waals surface area contributed by atoms with Crippen molar-refractivity contribution in [2.24, 2.45) is 13.0 Å². The first kappa shape index (κ1) is 22.5. The molecule has 1 aliphatic rings. The number of unbranched alkanes of at least 4 members (excludes halogenated alkanes) is 2. The number of likely N-dealkylation sites (tertiary alicyclic amines) is 1. The molecule has 4 rings (SSSR count). The van der Waals surface area contributed by atoms with Gasteiger partial charge in [0.25, 0.3) is 5.91 Å². The third-order valence-corrected chi connectivity index (χ3v) is 7.10. The van der Waals surface area contributed by atoms with Crippen LogP contribution in [0.2, 0.25) is 0 Å². The van der Waals surface area contributed by atoms with Crippen LogP contribution < -0.4 is 5.32 Å². The minimum absolute atomic E-state index is 0.00638. The quantitative estimate of drug-likeness (QED) is 0.545. The molecule has 1 aliphatic heterocycles. The Morgan fingerprint density at radius 2 is 2.03 bits per heavy atom. The van der Waals surface area contributed by atoms with Crippen molar-refractivity contribution < 1.29 is 9.59 Å². The van der Waals surface area contributed by atoms with Gasteiger partial charge in [0.1, 0.15) is 0 Å². The molecule has 3 aromatic heterocycles. The smallest absolute Gasteiger partial charge is 0.254 e. The van der Waals surface area contributed by atoms with E-state index in [0.717, 1.165) is 53.1 Å². The fourth-order valence-corrected chi connectivity index (χ4v) is 5.10. The van der Waals surface area contributed by atoms with Crippen molar-refractivity contribution in [3.05, 3.63) is 34.8 Å². The van der Waals surface area contributed by atoms with E-state index in [1.165, 1.54) is 0 Å². The van der Waals surface area contributed by atoms with Crippen molar-refractivity contribution in [3.8, 4) is 10.6 Å². The summed E-state index contributed by atoms with van der Waals surface area (Å²) in [5, 5.41) is 10.4. The number of carbonyl (C=O) groups is 2. The molecule has 170 valence electrons. The van der Waals surface area contributed by atoms with Gasteiger partial charge in [0, 0.05) is 32.6 Å². The van der Waals surface area contributed by atoms with Crippen molar-refractivity contribution in [2.45, 2.75) is 46.0 Å². The van der Waals surface area contributed by atoms with Crippen LogP contribution in [-0.2, 0) is 11.8 Å². The molecule has 8 heteroatoms. The Bertz CT molecular complexity index is 1100. The largest absolute Gasteiger partial charge is 0.356 e. The Kier molecular flexibility index (Phi) is 6.89. The summed E-state index contributed by atoms with van der Waals surface area (Å²) in [5.41, 5.74) is 2.96. The zero-order valence-corrected chi connectivity index (χ0v) is 19.9. The first-order chi connectivity index (χ1) is 15.5. The molecule has 0 radical (unpaired) electrons. The number of nitrogens with zero attached hydrogens (tertiary/aromatic N) is 4. The van der Waals surface area contributed by atoms with Gasteiger partial charge in [-0.1, -0.05) is 25.8 Å². The molecule has 0 spiro atoms. The Morgan fingerprint density at radius 1 is 1.25 bits per heavy atom. The second-order valence-electron chi connectivity index (χ2n) is 8.50. The van der Waals surface area contributed by atoms with Gasteiger partial charge in [-0.05, 0) is 43.7 Å². The van der Waals surface area contributed by atoms with Crippen LogP contribution in [0.3, 0.4) is 0 Å². The normalized spacial score (nSPS) is 14.8. The zero-order valence-electron chi connectivity index (χ0n) is 19.1. The van der Waals surface area contributed by atoms with E-state index < -0.39 is 0 Å². The van der Waals surface area contributed by atoms with E-state index in [1.807, 2.05) is 42.5 Å². The number of aromatic nitrogens is 3. The van der Waals surface area contributed by atoms with Crippen LogP contribution in [0, 0.1) is 12.8 Å². The number of rotatable bonds is 7. The number of hydrogen-bond donors (Lipinski definition) is 1. The number of amides is 2. The summed E-state index contributed by atoms with van der Waals surface area (Å²) in [4.78, 5) is 33.7. The third kappa shape index (κ3) is 4.55. The van der Waals surface area contributed by atoms with Crippen LogP contribution in [0.5, 0.6) is 0 Å². The summed E-state index contributed by atoms with van der Waals surface area (Å²) in [7, 11) is 1.86. The standard InChI is InChI=1S/C24H31N5O2S/c1-4-5-6-11-25-23(30)17-9-12-29(13-10-17)24(31)18-15-19(20-8-7-14-32-20)26-22-21(18)16(2)27-28(22)3/h7-8,14-15,17H,4-6,9-13H2,1-3H3,(H,25,30). The van der Waals surface area contributed by atoms with Gasteiger partial charge >= 0.3 is 0 Å². The number of nitrogens with one attached hydrogen (secondary N) is 1. The Balaban J connectivity index is 1.51. The average Bonchev–Trinajstić information content (AvgIpc) is 3.44. The van der Waals surface area contributed by atoms with Crippen molar-refractivity contribution in [1.82, 2.24) is 25.0 Å². The molecule has 7 nitrogen and oxygen atoms in total. The van der Waals surface area contributed by atoms with E-state index >= 15 is 0 Å². The third-order valence-electron chi connectivity index (χ3n) is 6.21. The number of carbonyl (C=O) groups excluding carboxylic acids is 2. The fraction of sp³-hybridized carbons (Fsp3) is 0.500. The summed E-state index contributed by atoms with van der Waals surface area (Å²) < 4.78 is 1.74. The van der Waals surface area contributed by atoms with Gasteiger partial charge in [0.15, 0.2) is 5.65 Å². The SMILES string of the molecule is CCCCCNC(=O)C1CCN(C(=O)c2cc(-c3cccs3)nc3c2c(C)nn3C)CC1. The summed E-state index contributed by atoms with van der Waals surface area (Å²) in [6.45, 7) is 5.99. The maximum Gasteiger partial charge on any atom is 0.254 e. The molecule has 1 fully saturated rings. The molecule has 1 N–H and O–H groups in total. The molecule has 0 atom stereocenters. The first-order valence-corrected chi connectivity index (χ1v) is 12.3. The lowest BCUT2D eigenvalue weighted by atomic mass is 9.95. The lowest BCUT2D eigenvalue weighted by Gasteiger charge is -2.31. The lowest BCUT2D eigenvalue weighted by molar-refractivity contribution is -0.126. The van der Waals surface area contributed by atoms with Gasteiger partial charge in [-0.2, -0.15) is 5.10 Å². The van der Waals surface area contributed by atoms with E-state index in [9.17, 15) is 9.59 Å². The highest BCUT2D eigenvalue weighted by Gasteiger charge is 2.29. The molecular formula is C24H31N5O2S. The van der Waals surface area contributed by atoms with Crippen LogP contribution in [-0.4, -0.2) is 51.1 Å². The molecular weight excluding hydrogens is 422 g/mol. The van der Waals surface area contributed by atoms with Crippen molar-refractivity contribution >= 4 is 34.2 Å². The number of fused-ring (bicyclic) bond motifs is 1. The average molecular weight is 454 g/mol. The Hall–Kier alpha value is -2.74. The molecule has 0 aromatic carbocycles. The number of thiophene rings is 1. The van der Waals surface area contributed by atoms with Crippen LogP contribution in [0.1, 0.15) is 55.1 Å². The molecule has 4 heterocycles. The monoisotopic (exact) mass is 453 g/mol. The lowest BCUT2D eigenvalue weighted by Crippen LogP contribution is -2.43. The molecule has 32 heavy (non-hydrogen) atoms.